The second kappa shape index (κ2) is 7.55. The average molecular weight is 305 g/mol. The molecule has 1 saturated carbocycles. The van der Waals surface area contributed by atoms with Gasteiger partial charge >= 0.3 is 0 Å². The minimum absolute atomic E-state index is 0.438. The number of thioether (sulfide) groups is 1. The van der Waals surface area contributed by atoms with E-state index in [-0.39, 0.29) is 0 Å². The minimum Gasteiger partial charge on any atom is -0.382 e. The van der Waals surface area contributed by atoms with E-state index in [1.807, 2.05) is 0 Å². The quantitative estimate of drug-likeness (QED) is 0.818. The zero-order chi connectivity index (χ0) is 14.5. The number of hydrogen-bond acceptors (Lipinski definition) is 3. The Bertz CT molecular complexity index is 427. The van der Waals surface area contributed by atoms with Crippen LogP contribution in [0, 0.1) is 0 Å². The summed E-state index contributed by atoms with van der Waals surface area (Å²) in [6.45, 7) is 3.11. The highest BCUT2D eigenvalue weighted by Crippen LogP contribution is 2.35. The van der Waals surface area contributed by atoms with Gasteiger partial charge < -0.3 is 10.1 Å². The van der Waals surface area contributed by atoms with Crippen molar-refractivity contribution in [3.05, 3.63) is 24.3 Å². The topological polar surface area (TPSA) is 21.3 Å². The Labute approximate surface area is 133 Å². The molecule has 1 heterocycles. The maximum absolute atomic E-state index is 5.75. The van der Waals surface area contributed by atoms with Crippen molar-refractivity contribution in [2.45, 2.75) is 74.2 Å². The molecule has 1 saturated heterocycles. The summed E-state index contributed by atoms with van der Waals surface area (Å²) in [5.74, 6) is 0. The zero-order valence-corrected chi connectivity index (χ0v) is 13.8. The molecule has 0 aromatic heterocycles. The third-order valence-corrected chi connectivity index (χ3v) is 6.00. The Balaban J connectivity index is 1.51. The molecule has 2 unspecified atom stereocenters. The lowest BCUT2D eigenvalue weighted by Gasteiger charge is -2.30. The molecule has 116 valence electrons. The van der Waals surface area contributed by atoms with E-state index in [1.54, 1.807) is 0 Å². The first kappa shape index (κ1) is 15.2. The summed E-state index contributed by atoms with van der Waals surface area (Å²) in [5, 5.41) is 4.53. The largest absolute Gasteiger partial charge is 0.382 e. The molecule has 1 aromatic rings. The third kappa shape index (κ3) is 4.40. The first-order valence-corrected chi connectivity index (χ1v) is 9.36. The predicted molar refractivity (Wildman–Crippen MR) is 91.2 cm³/mol. The molecule has 3 rings (SSSR count). The van der Waals surface area contributed by atoms with Crippen LogP contribution in [0.1, 0.15) is 51.9 Å². The van der Waals surface area contributed by atoms with Gasteiger partial charge in [-0.1, -0.05) is 19.8 Å². The molecule has 1 N–H and O–H groups in total. The van der Waals surface area contributed by atoms with Crippen LogP contribution >= 0.6 is 11.8 Å². The molecule has 0 amide bonds. The fourth-order valence-electron chi connectivity index (χ4n) is 3.36. The second-order valence-corrected chi connectivity index (χ2v) is 7.69. The van der Waals surface area contributed by atoms with Crippen LogP contribution in [0.5, 0.6) is 0 Å². The van der Waals surface area contributed by atoms with E-state index >= 15 is 0 Å². The summed E-state index contributed by atoms with van der Waals surface area (Å²) in [5.41, 5.74) is 1.26. The molecule has 0 radical (unpaired) electrons. The Morgan fingerprint density at radius 1 is 1.14 bits per heavy atom. The fraction of sp³-hybridized carbons (Fsp3) is 0.667. The highest BCUT2D eigenvalue weighted by atomic mass is 32.2. The van der Waals surface area contributed by atoms with Crippen molar-refractivity contribution in [2.75, 3.05) is 11.9 Å². The van der Waals surface area contributed by atoms with E-state index in [2.05, 4.69) is 48.3 Å². The number of anilines is 1. The van der Waals surface area contributed by atoms with Gasteiger partial charge in [0.05, 0.1) is 6.10 Å². The number of nitrogens with one attached hydrogen (secondary N) is 1. The van der Waals surface area contributed by atoms with E-state index in [1.165, 1.54) is 36.3 Å². The first-order valence-electron chi connectivity index (χ1n) is 8.48. The van der Waals surface area contributed by atoms with Gasteiger partial charge in [-0.2, -0.15) is 0 Å². The molecule has 1 aliphatic heterocycles. The third-order valence-electron chi connectivity index (χ3n) is 4.65. The summed E-state index contributed by atoms with van der Waals surface area (Å²) in [6, 6.07) is 9.61. The maximum Gasteiger partial charge on any atom is 0.0592 e. The molecule has 2 nitrogen and oxygen atoms in total. The maximum atomic E-state index is 5.75. The SMILES string of the molecule is CCC1CC(Nc2ccc(SC3CCCC3)cc2)CCO1. The van der Waals surface area contributed by atoms with Gasteiger partial charge in [-0.05, 0) is 56.4 Å². The standard InChI is InChI=1S/C18H27NOS/c1-2-16-13-15(11-12-20-16)19-14-7-9-18(10-8-14)21-17-5-3-4-6-17/h7-10,15-17,19H,2-6,11-13H2,1H3. The van der Waals surface area contributed by atoms with Gasteiger partial charge in [0.15, 0.2) is 0 Å². The van der Waals surface area contributed by atoms with Gasteiger partial charge in [-0.15, -0.1) is 11.8 Å². The molecule has 3 heteroatoms. The first-order chi connectivity index (χ1) is 10.3. The van der Waals surface area contributed by atoms with Crippen LogP contribution in [0.2, 0.25) is 0 Å². The monoisotopic (exact) mass is 305 g/mol. The van der Waals surface area contributed by atoms with Gasteiger partial charge in [0, 0.05) is 28.5 Å². The molecule has 2 atom stereocenters. The normalized spacial score (nSPS) is 26.9. The van der Waals surface area contributed by atoms with E-state index in [0.717, 1.165) is 31.1 Å². The van der Waals surface area contributed by atoms with Crippen molar-refractivity contribution in [3.63, 3.8) is 0 Å². The van der Waals surface area contributed by atoms with Gasteiger partial charge in [0.2, 0.25) is 0 Å². The summed E-state index contributed by atoms with van der Waals surface area (Å²) in [4.78, 5) is 1.42. The van der Waals surface area contributed by atoms with Crippen molar-refractivity contribution >= 4 is 17.4 Å². The second-order valence-electron chi connectivity index (χ2n) is 6.32. The summed E-state index contributed by atoms with van der Waals surface area (Å²) >= 11 is 2.06. The van der Waals surface area contributed by atoms with Gasteiger partial charge in [-0.3, -0.25) is 0 Å². The number of ether oxygens (including phenoxy) is 1. The van der Waals surface area contributed by atoms with E-state index < -0.39 is 0 Å². The van der Waals surface area contributed by atoms with Gasteiger partial charge in [0.1, 0.15) is 0 Å². The molecule has 0 bridgehead atoms. The molecule has 21 heavy (non-hydrogen) atoms. The van der Waals surface area contributed by atoms with Crippen molar-refractivity contribution in [1.82, 2.24) is 0 Å². The molecule has 0 spiro atoms. The number of hydrogen-bond donors (Lipinski definition) is 1. The van der Waals surface area contributed by atoms with Crippen molar-refractivity contribution < 1.29 is 4.74 Å². The van der Waals surface area contributed by atoms with Crippen LogP contribution in [0.4, 0.5) is 5.69 Å². The van der Waals surface area contributed by atoms with Crippen LogP contribution in [-0.2, 0) is 4.74 Å². The predicted octanol–water partition coefficient (Wildman–Crippen LogP) is 5.09. The lowest BCUT2D eigenvalue weighted by atomic mass is 10.0. The number of benzene rings is 1. The fourth-order valence-corrected chi connectivity index (χ4v) is 4.61. The Morgan fingerprint density at radius 2 is 1.90 bits per heavy atom. The lowest BCUT2D eigenvalue weighted by molar-refractivity contribution is 0.00926. The summed E-state index contributed by atoms with van der Waals surface area (Å²) < 4.78 is 5.75. The molecular weight excluding hydrogens is 278 g/mol. The van der Waals surface area contributed by atoms with Crippen LogP contribution < -0.4 is 5.32 Å². The van der Waals surface area contributed by atoms with E-state index in [4.69, 9.17) is 4.74 Å². The van der Waals surface area contributed by atoms with Crippen LogP contribution in [0.3, 0.4) is 0 Å². The minimum atomic E-state index is 0.438. The Hall–Kier alpha value is -0.670. The van der Waals surface area contributed by atoms with Crippen LogP contribution in [0.15, 0.2) is 29.2 Å². The molecule has 1 aromatic carbocycles. The van der Waals surface area contributed by atoms with E-state index in [0.29, 0.717) is 12.1 Å². The lowest BCUT2D eigenvalue weighted by Crippen LogP contribution is -2.33. The summed E-state index contributed by atoms with van der Waals surface area (Å²) in [7, 11) is 0. The highest BCUT2D eigenvalue weighted by molar-refractivity contribution is 8.00. The zero-order valence-electron chi connectivity index (χ0n) is 13.0. The van der Waals surface area contributed by atoms with E-state index in [9.17, 15) is 0 Å². The molecular formula is C18H27NOS. The number of rotatable bonds is 5. The van der Waals surface area contributed by atoms with Crippen molar-refractivity contribution in [3.8, 4) is 0 Å². The Kier molecular flexibility index (Phi) is 5.48. The molecule has 2 aliphatic rings. The smallest absolute Gasteiger partial charge is 0.0592 e. The average Bonchev–Trinajstić information content (AvgIpc) is 3.02. The summed E-state index contributed by atoms with van der Waals surface area (Å²) in [6.07, 6.45) is 9.43. The molecule has 2 fully saturated rings. The van der Waals surface area contributed by atoms with Gasteiger partial charge in [0.25, 0.3) is 0 Å². The van der Waals surface area contributed by atoms with Crippen molar-refractivity contribution in [1.29, 1.82) is 0 Å². The van der Waals surface area contributed by atoms with Gasteiger partial charge in [-0.25, -0.2) is 0 Å². The van der Waals surface area contributed by atoms with Crippen molar-refractivity contribution in [2.24, 2.45) is 0 Å². The van der Waals surface area contributed by atoms with Crippen LogP contribution in [0.25, 0.3) is 0 Å². The van der Waals surface area contributed by atoms with Crippen LogP contribution in [-0.4, -0.2) is 24.0 Å². The highest BCUT2D eigenvalue weighted by Gasteiger charge is 2.21. The Morgan fingerprint density at radius 3 is 2.62 bits per heavy atom. The molecule has 1 aliphatic carbocycles.